The zero-order valence-corrected chi connectivity index (χ0v) is 12.5. The number of rotatable bonds is 4. The predicted octanol–water partition coefficient (Wildman–Crippen LogP) is 2.63. The number of halogens is 1. The summed E-state index contributed by atoms with van der Waals surface area (Å²) in [6.07, 6.45) is 3.11. The second-order valence-electron chi connectivity index (χ2n) is 3.59. The van der Waals surface area contributed by atoms with Crippen LogP contribution in [0, 0.1) is 0 Å². The molecule has 98 valence electrons. The number of hydrogen-bond acceptors (Lipinski definition) is 5. The molecule has 3 N–H and O–H groups in total. The molecule has 2 aromatic rings. The molecule has 0 saturated carbocycles. The van der Waals surface area contributed by atoms with E-state index in [2.05, 4.69) is 31.2 Å². The van der Waals surface area contributed by atoms with E-state index in [1.54, 1.807) is 19.5 Å². The summed E-state index contributed by atoms with van der Waals surface area (Å²) >= 11 is 8.39. The van der Waals surface area contributed by atoms with Gasteiger partial charge in [0.2, 0.25) is 0 Å². The van der Waals surface area contributed by atoms with Crippen molar-refractivity contribution in [3.8, 4) is 5.75 Å². The summed E-state index contributed by atoms with van der Waals surface area (Å²) in [5, 5.41) is 3.13. The van der Waals surface area contributed by atoms with E-state index >= 15 is 0 Å². The van der Waals surface area contributed by atoms with Crippen LogP contribution in [0.3, 0.4) is 0 Å². The molecule has 1 aromatic heterocycles. The maximum absolute atomic E-state index is 5.61. The van der Waals surface area contributed by atoms with Gasteiger partial charge < -0.3 is 15.8 Å². The molecule has 19 heavy (non-hydrogen) atoms. The summed E-state index contributed by atoms with van der Waals surface area (Å²) in [7, 11) is 1.61. The number of aromatic nitrogens is 2. The van der Waals surface area contributed by atoms with Crippen LogP contribution >= 0.6 is 28.1 Å². The third-order valence-corrected chi connectivity index (χ3v) is 3.24. The molecule has 7 heteroatoms. The number of nitrogens with two attached hydrogens (primary N) is 1. The van der Waals surface area contributed by atoms with Crippen molar-refractivity contribution in [2.24, 2.45) is 5.73 Å². The molecule has 0 amide bonds. The van der Waals surface area contributed by atoms with Crippen LogP contribution in [0.5, 0.6) is 5.75 Å². The maximum atomic E-state index is 5.61. The van der Waals surface area contributed by atoms with Gasteiger partial charge in [-0.25, -0.2) is 9.97 Å². The van der Waals surface area contributed by atoms with Crippen molar-refractivity contribution in [3.63, 3.8) is 0 Å². The highest BCUT2D eigenvalue weighted by molar-refractivity contribution is 9.10. The lowest BCUT2D eigenvalue weighted by Gasteiger charge is -2.11. The maximum Gasteiger partial charge on any atom is 0.159 e. The molecular weight excluding hydrogens is 328 g/mol. The molecule has 0 unspecified atom stereocenters. The molecule has 0 aliphatic rings. The number of nitrogens with one attached hydrogen (secondary N) is 1. The zero-order valence-electron chi connectivity index (χ0n) is 10.1. The van der Waals surface area contributed by atoms with Gasteiger partial charge in [0.25, 0.3) is 0 Å². The Balaban J connectivity index is 2.38. The largest absolute Gasteiger partial charge is 0.497 e. The standard InChI is InChI=1S/C12H11BrN4OS/c1-18-7-2-3-8(13)9(6-7)17-12-10(11(14)19)15-4-5-16-12/h2-6H,1H3,(H2,14,19)(H,16,17). The van der Waals surface area contributed by atoms with Crippen LogP contribution in [0.2, 0.25) is 0 Å². The minimum Gasteiger partial charge on any atom is -0.497 e. The summed E-state index contributed by atoms with van der Waals surface area (Å²) in [5.41, 5.74) is 6.86. The first-order chi connectivity index (χ1) is 9.11. The Morgan fingerprint density at radius 3 is 2.79 bits per heavy atom. The van der Waals surface area contributed by atoms with E-state index in [0.717, 1.165) is 15.9 Å². The number of nitrogens with zero attached hydrogens (tertiary/aromatic N) is 2. The van der Waals surface area contributed by atoms with E-state index in [-0.39, 0.29) is 4.99 Å². The molecule has 0 spiro atoms. The van der Waals surface area contributed by atoms with Gasteiger partial charge in [-0.15, -0.1) is 0 Å². The molecule has 5 nitrogen and oxygen atoms in total. The van der Waals surface area contributed by atoms with Crippen molar-refractivity contribution in [3.05, 3.63) is 40.8 Å². The lowest BCUT2D eigenvalue weighted by Crippen LogP contribution is -2.15. The van der Waals surface area contributed by atoms with E-state index < -0.39 is 0 Å². The Morgan fingerprint density at radius 1 is 1.37 bits per heavy atom. The van der Waals surface area contributed by atoms with Gasteiger partial charge in [0.1, 0.15) is 16.4 Å². The fourth-order valence-corrected chi connectivity index (χ4v) is 1.96. The van der Waals surface area contributed by atoms with Crippen LogP contribution in [0.4, 0.5) is 11.5 Å². The van der Waals surface area contributed by atoms with Crippen LogP contribution in [0.1, 0.15) is 5.69 Å². The van der Waals surface area contributed by atoms with Gasteiger partial charge >= 0.3 is 0 Å². The van der Waals surface area contributed by atoms with Crippen molar-refractivity contribution in [2.45, 2.75) is 0 Å². The van der Waals surface area contributed by atoms with Gasteiger partial charge in [0.05, 0.1) is 12.8 Å². The summed E-state index contributed by atoms with van der Waals surface area (Å²) < 4.78 is 6.05. The molecule has 0 bridgehead atoms. The van der Waals surface area contributed by atoms with Gasteiger partial charge in [-0.05, 0) is 28.1 Å². The highest BCUT2D eigenvalue weighted by atomic mass is 79.9. The quantitative estimate of drug-likeness (QED) is 0.835. The minimum absolute atomic E-state index is 0.189. The Bertz CT molecular complexity index is 620. The van der Waals surface area contributed by atoms with E-state index in [4.69, 9.17) is 22.7 Å². The fraction of sp³-hybridized carbons (Fsp3) is 0.0833. The van der Waals surface area contributed by atoms with Crippen molar-refractivity contribution in [1.82, 2.24) is 9.97 Å². The lowest BCUT2D eigenvalue weighted by atomic mass is 10.3. The first-order valence-electron chi connectivity index (χ1n) is 5.33. The van der Waals surface area contributed by atoms with Crippen molar-refractivity contribution in [1.29, 1.82) is 0 Å². The van der Waals surface area contributed by atoms with Gasteiger partial charge in [-0.3, -0.25) is 0 Å². The van der Waals surface area contributed by atoms with E-state index in [1.807, 2.05) is 18.2 Å². The molecule has 2 rings (SSSR count). The molecule has 0 aliphatic heterocycles. The molecule has 1 aromatic carbocycles. The van der Waals surface area contributed by atoms with Crippen LogP contribution in [-0.4, -0.2) is 22.1 Å². The molecule has 0 aliphatic carbocycles. The van der Waals surface area contributed by atoms with Crippen molar-refractivity contribution < 1.29 is 4.74 Å². The number of methoxy groups -OCH3 is 1. The molecule has 0 fully saturated rings. The highest BCUT2D eigenvalue weighted by Gasteiger charge is 2.10. The third kappa shape index (κ3) is 3.18. The van der Waals surface area contributed by atoms with E-state index in [1.165, 1.54) is 0 Å². The smallest absolute Gasteiger partial charge is 0.159 e. The summed E-state index contributed by atoms with van der Waals surface area (Å²) in [6.45, 7) is 0. The SMILES string of the molecule is COc1ccc(Br)c(Nc2nccnc2C(N)=S)c1. The Kier molecular flexibility index (Phi) is 4.28. The monoisotopic (exact) mass is 338 g/mol. The zero-order chi connectivity index (χ0) is 13.8. The fourth-order valence-electron chi connectivity index (χ4n) is 1.46. The predicted molar refractivity (Wildman–Crippen MR) is 81.9 cm³/mol. The van der Waals surface area contributed by atoms with Crippen molar-refractivity contribution >= 4 is 44.6 Å². The van der Waals surface area contributed by atoms with Crippen LogP contribution in [0.25, 0.3) is 0 Å². The number of thiocarbonyl (C=S) groups is 1. The molecule has 0 atom stereocenters. The number of hydrogen-bond donors (Lipinski definition) is 2. The Labute approximate surface area is 124 Å². The Morgan fingerprint density at radius 2 is 2.11 bits per heavy atom. The molecule has 1 heterocycles. The topological polar surface area (TPSA) is 73.1 Å². The highest BCUT2D eigenvalue weighted by Crippen LogP contribution is 2.29. The number of benzene rings is 1. The number of ether oxygens (including phenoxy) is 1. The third-order valence-electron chi connectivity index (χ3n) is 2.36. The van der Waals surface area contributed by atoms with Gasteiger partial charge in [0, 0.05) is 22.9 Å². The van der Waals surface area contributed by atoms with E-state index in [0.29, 0.717) is 11.5 Å². The Hall–Kier alpha value is -1.73. The molecular formula is C12H11BrN4OS. The minimum atomic E-state index is 0.189. The molecule has 0 radical (unpaired) electrons. The number of anilines is 2. The second kappa shape index (κ2) is 5.94. The van der Waals surface area contributed by atoms with Crippen LogP contribution < -0.4 is 15.8 Å². The first kappa shape index (κ1) is 13.7. The van der Waals surface area contributed by atoms with Gasteiger partial charge in [-0.2, -0.15) is 0 Å². The first-order valence-corrected chi connectivity index (χ1v) is 6.53. The lowest BCUT2D eigenvalue weighted by molar-refractivity contribution is 0.415. The summed E-state index contributed by atoms with van der Waals surface area (Å²) in [5.74, 6) is 1.23. The van der Waals surface area contributed by atoms with Crippen LogP contribution in [-0.2, 0) is 0 Å². The molecule has 0 saturated heterocycles. The second-order valence-corrected chi connectivity index (χ2v) is 4.88. The van der Waals surface area contributed by atoms with Crippen LogP contribution in [0.15, 0.2) is 35.1 Å². The summed E-state index contributed by atoms with van der Waals surface area (Å²) in [6, 6.07) is 5.56. The van der Waals surface area contributed by atoms with Gasteiger partial charge in [0.15, 0.2) is 5.82 Å². The van der Waals surface area contributed by atoms with Crippen molar-refractivity contribution in [2.75, 3.05) is 12.4 Å². The normalized spacial score (nSPS) is 10.0. The summed E-state index contributed by atoms with van der Waals surface area (Å²) in [4.78, 5) is 8.49. The van der Waals surface area contributed by atoms with Gasteiger partial charge in [-0.1, -0.05) is 12.2 Å². The average Bonchev–Trinajstić information content (AvgIpc) is 2.41. The average molecular weight is 339 g/mol. The van der Waals surface area contributed by atoms with E-state index in [9.17, 15) is 0 Å².